The van der Waals surface area contributed by atoms with Crippen molar-refractivity contribution in [2.45, 2.75) is 41.5 Å². The van der Waals surface area contributed by atoms with Crippen LogP contribution in [0.3, 0.4) is 0 Å². The van der Waals surface area contributed by atoms with Crippen molar-refractivity contribution in [3.8, 4) is 5.75 Å². The number of pyridine rings is 1. The van der Waals surface area contributed by atoms with Gasteiger partial charge in [0.15, 0.2) is 0 Å². The Kier molecular flexibility index (Phi) is 20.8. The maximum absolute atomic E-state index is 12.1. The normalized spacial score (nSPS) is 10.2. The number of carbonyl (C=O) groups is 1. The van der Waals surface area contributed by atoms with E-state index >= 15 is 0 Å². The summed E-state index contributed by atoms with van der Waals surface area (Å²) in [4.78, 5) is 16.0. The molecule has 0 fully saturated rings. The quantitative estimate of drug-likeness (QED) is 0.192. The second-order valence-corrected chi connectivity index (χ2v) is 19.1. The van der Waals surface area contributed by atoms with Crippen LogP contribution in [0.15, 0.2) is 219 Å². The van der Waals surface area contributed by atoms with Crippen molar-refractivity contribution in [3.63, 3.8) is 0 Å². The standard InChI is InChI=1S/C14H14N2O2.4C11H9Cl.C7H8/c1-10-3-4-12(18-2)9-13(10)14(17)16-11-5-7-15-8-6-11;1-8-2-3-10-7-11(12)5-4-9(10)6-8;1-8-2-3-9-4-5-11(12)7-10(9)6-8;1-8-3-2-4-9-7-10(12)5-6-11(8)9;1-8-3-2-4-9-5-6-10(12)7-11(8)9;1-7-5-3-2-4-6-7/h3-9H,1-2H3,(H,15,16,17);4*2-7H,1H3;2-6H,1H3. The summed E-state index contributed by atoms with van der Waals surface area (Å²) >= 11 is 23.5. The highest BCUT2D eigenvalue weighted by Gasteiger charge is 2.10. The zero-order valence-corrected chi connectivity index (χ0v) is 45.1. The number of methoxy groups -OCH3 is 1. The summed E-state index contributed by atoms with van der Waals surface area (Å²) in [5, 5.41) is 15.9. The predicted octanol–water partition coefficient (Wildman–Crippen LogP) is 19.9. The van der Waals surface area contributed by atoms with Crippen LogP contribution in [-0.2, 0) is 0 Å². The first kappa shape index (κ1) is 55.1. The van der Waals surface area contributed by atoms with Gasteiger partial charge in [-0.15, -0.1) is 0 Å². The fourth-order valence-corrected chi connectivity index (χ4v) is 8.35. The number of hydrogen-bond acceptors (Lipinski definition) is 3. The Bertz CT molecular complexity index is 3470. The van der Waals surface area contributed by atoms with E-state index in [2.05, 4.69) is 130 Å². The third-order valence-electron chi connectivity index (χ3n) is 11.6. The van der Waals surface area contributed by atoms with Crippen molar-refractivity contribution >= 4 is 101 Å². The smallest absolute Gasteiger partial charge is 0.256 e. The van der Waals surface area contributed by atoms with Gasteiger partial charge in [0.25, 0.3) is 5.91 Å². The van der Waals surface area contributed by atoms with Crippen LogP contribution in [0.2, 0.25) is 20.1 Å². The minimum Gasteiger partial charge on any atom is -0.497 e. The lowest BCUT2D eigenvalue weighted by Gasteiger charge is -2.09. The van der Waals surface area contributed by atoms with Gasteiger partial charge >= 0.3 is 0 Å². The fraction of sp³-hybridized carbons (Fsp3) is 0.108. The lowest BCUT2D eigenvalue weighted by Crippen LogP contribution is -2.13. The van der Waals surface area contributed by atoms with Gasteiger partial charge in [-0.2, -0.15) is 0 Å². The van der Waals surface area contributed by atoms with Crippen molar-refractivity contribution in [2.24, 2.45) is 0 Å². The molecular formula is C65H58Cl4N2O2. The van der Waals surface area contributed by atoms with Gasteiger partial charge in [-0.25, -0.2) is 0 Å². The monoisotopic (exact) mass is 1040 g/mol. The molecule has 0 aliphatic carbocycles. The highest BCUT2D eigenvalue weighted by molar-refractivity contribution is 6.32. The Morgan fingerprint density at radius 3 is 1.53 bits per heavy atom. The molecule has 0 radical (unpaired) electrons. The van der Waals surface area contributed by atoms with Gasteiger partial charge in [-0.1, -0.05) is 197 Å². The summed E-state index contributed by atoms with van der Waals surface area (Å²) < 4.78 is 5.12. The van der Waals surface area contributed by atoms with E-state index in [0.29, 0.717) is 11.3 Å². The van der Waals surface area contributed by atoms with Crippen molar-refractivity contribution < 1.29 is 9.53 Å². The molecule has 368 valence electrons. The molecule has 0 saturated heterocycles. The highest BCUT2D eigenvalue weighted by atomic mass is 35.5. The van der Waals surface area contributed by atoms with Crippen LogP contribution in [-0.4, -0.2) is 18.0 Å². The number of ether oxygens (including phenoxy) is 1. The minimum absolute atomic E-state index is 0.155. The van der Waals surface area contributed by atoms with E-state index in [0.717, 1.165) is 31.3 Å². The van der Waals surface area contributed by atoms with Crippen LogP contribution in [0.5, 0.6) is 5.75 Å². The molecule has 4 nitrogen and oxygen atoms in total. The van der Waals surface area contributed by atoms with E-state index in [1.165, 1.54) is 70.9 Å². The summed E-state index contributed by atoms with van der Waals surface area (Å²) in [7, 11) is 1.58. The lowest BCUT2D eigenvalue weighted by molar-refractivity contribution is 0.102. The Balaban J connectivity index is 0.000000145. The first-order valence-corrected chi connectivity index (χ1v) is 25.2. The maximum atomic E-state index is 12.1. The molecule has 0 spiro atoms. The van der Waals surface area contributed by atoms with E-state index < -0.39 is 0 Å². The Labute approximate surface area is 450 Å². The molecule has 0 aliphatic rings. The van der Waals surface area contributed by atoms with Gasteiger partial charge < -0.3 is 10.1 Å². The summed E-state index contributed by atoms with van der Waals surface area (Å²) in [6.07, 6.45) is 3.27. The SMILES string of the molecule is COc1ccc(C)c(C(=O)Nc2ccncc2)c1.Cc1ccc2cc(Cl)ccc2c1.Cc1ccc2ccc(Cl)cc2c1.Cc1cccc2cc(Cl)ccc12.Cc1cccc2ccc(Cl)cc12.Cc1ccccc1. The molecule has 0 saturated carbocycles. The fourth-order valence-electron chi connectivity index (χ4n) is 7.63. The van der Waals surface area contributed by atoms with Crippen LogP contribution >= 0.6 is 46.4 Å². The minimum atomic E-state index is -0.155. The van der Waals surface area contributed by atoms with E-state index in [-0.39, 0.29) is 5.91 Å². The Hall–Kier alpha value is -7.18. The van der Waals surface area contributed by atoms with Crippen LogP contribution in [0.1, 0.15) is 43.7 Å². The molecule has 11 aromatic rings. The van der Waals surface area contributed by atoms with E-state index in [1.54, 1.807) is 37.7 Å². The molecule has 8 heteroatoms. The van der Waals surface area contributed by atoms with E-state index in [1.807, 2.05) is 110 Å². The lowest BCUT2D eigenvalue weighted by atomic mass is 10.1. The number of anilines is 1. The molecule has 1 aromatic heterocycles. The van der Waals surface area contributed by atoms with E-state index in [4.69, 9.17) is 51.1 Å². The second-order valence-electron chi connectivity index (χ2n) is 17.4. The first-order chi connectivity index (χ1) is 35.1. The number of benzene rings is 10. The summed E-state index contributed by atoms with van der Waals surface area (Å²) in [6, 6.07) is 68.2. The number of nitrogens with one attached hydrogen (secondary N) is 1. The third-order valence-corrected chi connectivity index (χ3v) is 12.5. The van der Waals surface area contributed by atoms with Crippen molar-refractivity contribution in [1.82, 2.24) is 4.98 Å². The maximum Gasteiger partial charge on any atom is 0.256 e. The largest absolute Gasteiger partial charge is 0.497 e. The van der Waals surface area contributed by atoms with Gasteiger partial charge in [-0.3, -0.25) is 9.78 Å². The number of nitrogens with zero attached hydrogens (tertiary/aromatic N) is 1. The molecule has 11 rings (SSSR count). The number of halogens is 4. The number of aromatic nitrogens is 1. The van der Waals surface area contributed by atoms with Crippen LogP contribution < -0.4 is 10.1 Å². The average molecular weight is 1040 g/mol. The average Bonchev–Trinajstić information content (AvgIpc) is 3.38. The number of carbonyl (C=O) groups excluding carboxylic acids is 1. The first-order valence-electron chi connectivity index (χ1n) is 23.6. The molecule has 1 amide bonds. The Morgan fingerprint density at radius 1 is 0.397 bits per heavy atom. The Morgan fingerprint density at radius 2 is 0.904 bits per heavy atom. The zero-order valence-electron chi connectivity index (χ0n) is 42.1. The molecule has 0 bridgehead atoms. The predicted molar refractivity (Wildman–Crippen MR) is 316 cm³/mol. The molecule has 1 N–H and O–H groups in total. The number of rotatable bonds is 3. The molecule has 0 unspecified atom stereocenters. The van der Waals surface area contributed by atoms with Gasteiger partial charge in [0.05, 0.1) is 7.11 Å². The van der Waals surface area contributed by atoms with Gasteiger partial charge in [0.1, 0.15) is 5.75 Å². The number of hydrogen-bond donors (Lipinski definition) is 1. The molecule has 73 heavy (non-hydrogen) atoms. The molecular weight excluding hydrogens is 983 g/mol. The van der Waals surface area contributed by atoms with Crippen LogP contribution in [0.25, 0.3) is 43.1 Å². The topological polar surface area (TPSA) is 51.2 Å². The van der Waals surface area contributed by atoms with Crippen molar-refractivity contribution in [1.29, 1.82) is 0 Å². The second kappa shape index (κ2) is 27.6. The van der Waals surface area contributed by atoms with Crippen LogP contribution in [0.4, 0.5) is 5.69 Å². The molecule has 0 atom stereocenters. The molecule has 1 heterocycles. The number of fused-ring (bicyclic) bond motifs is 4. The van der Waals surface area contributed by atoms with E-state index in [9.17, 15) is 4.79 Å². The number of aryl methyl sites for hydroxylation is 6. The highest BCUT2D eigenvalue weighted by Crippen LogP contribution is 2.25. The summed E-state index contributed by atoms with van der Waals surface area (Å²) in [5.74, 6) is 0.512. The summed E-state index contributed by atoms with van der Waals surface area (Å²) in [5.41, 5.74) is 8.67. The van der Waals surface area contributed by atoms with Crippen molar-refractivity contribution in [2.75, 3.05) is 12.4 Å². The van der Waals surface area contributed by atoms with Gasteiger partial charge in [-0.05, 0) is 174 Å². The van der Waals surface area contributed by atoms with Crippen molar-refractivity contribution in [3.05, 3.63) is 278 Å². The molecule has 10 aromatic carbocycles. The zero-order chi connectivity index (χ0) is 52.3. The third kappa shape index (κ3) is 17.2. The summed E-state index contributed by atoms with van der Waals surface area (Å²) in [6.45, 7) is 12.4. The number of amides is 1. The van der Waals surface area contributed by atoms with Gasteiger partial charge in [0.2, 0.25) is 0 Å². The van der Waals surface area contributed by atoms with Gasteiger partial charge in [0, 0.05) is 43.7 Å². The van der Waals surface area contributed by atoms with Crippen LogP contribution in [0, 0.1) is 41.5 Å². The molecule has 0 aliphatic heterocycles.